The minimum absolute atomic E-state index is 0.0823. The highest BCUT2D eigenvalue weighted by Gasteiger charge is 2.15. The largest absolute Gasteiger partial charge is 0.423 e. The number of likely N-dealkylation sites (N-methyl/N-ethyl adjacent to an activating group) is 1. The van der Waals surface area contributed by atoms with Crippen LogP contribution in [0.1, 0.15) is 11.6 Å². The topological polar surface area (TPSA) is 83.3 Å². The maximum atomic E-state index is 13.1. The van der Waals surface area contributed by atoms with Crippen LogP contribution in [-0.2, 0) is 0 Å². The zero-order valence-corrected chi connectivity index (χ0v) is 15.0. The van der Waals surface area contributed by atoms with Gasteiger partial charge in [0, 0.05) is 17.8 Å². The lowest BCUT2D eigenvalue weighted by atomic mass is 10.1. The Morgan fingerprint density at radius 2 is 2.00 bits per heavy atom. The Kier molecular flexibility index (Phi) is 5.77. The number of nitrogens with zero attached hydrogens (tertiary/aromatic N) is 3. The molecule has 1 aromatic heterocycles. The van der Waals surface area contributed by atoms with Gasteiger partial charge in [0.15, 0.2) is 0 Å². The molecule has 0 bridgehead atoms. The van der Waals surface area contributed by atoms with Crippen LogP contribution < -0.4 is 10.6 Å². The Balaban J connectivity index is 1.61. The molecular weight excluding hydrogens is 349 g/mol. The molecule has 2 amide bonds. The maximum Gasteiger partial charge on any atom is 0.319 e. The van der Waals surface area contributed by atoms with Crippen molar-refractivity contribution in [1.82, 2.24) is 20.4 Å². The third-order valence-corrected chi connectivity index (χ3v) is 4.06. The first-order valence-corrected chi connectivity index (χ1v) is 8.36. The van der Waals surface area contributed by atoms with Gasteiger partial charge in [0.1, 0.15) is 5.82 Å². The SMILES string of the molecule is CN(C)C(CNC(=O)Nc1cccc(-c2nnco2)c1)c1ccc(F)cc1. The molecule has 0 saturated heterocycles. The number of rotatable bonds is 6. The lowest BCUT2D eigenvalue weighted by Crippen LogP contribution is -2.36. The molecule has 8 heteroatoms. The number of anilines is 1. The summed E-state index contributed by atoms with van der Waals surface area (Å²) >= 11 is 0. The quantitative estimate of drug-likeness (QED) is 0.697. The number of aromatic nitrogens is 2. The fourth-order valence-corrected chi connectivity index (χ4v) is 2.68. The van der Waals surface area contributed by atoms with Crippen molar-refractivity contribution >= 4 is 11.7 Å². The summed E-state index contributed by atoms with van der Waals surface area (Å²) < 4.78 is 18.3. The molecule has 1 atom stereocenters. The molecule has 2 aromatic carbocycles. The molecule has 0 aliphatic heterocycles. The number of carbonyl (C=O) groups is 1. The van der Waals surface area contributed by atoms with Gasteiger partial charge in [-0.1, -0.05) is 18.2 Å². The Bertz CT molecular complexity index is 881. The highest BCUT2D eigenvalue weighted by Crippen LogP contribution is 2.21. The molecule has 3 rings (SSSR count). The van der Waals surface area contributed by atoms with E-state index in [9.17, 15) is 9.18 Å². The fraction of sp³-hybridized carbons (Fsp3) is 0.211. The zero-order chi connectivity index (χ0) is 19.2. The molecular formula is C19H20FN5O2. The molecule has 7 nitrogen and oxygen atoms in total. The Morgan fingerprint density at radius 1 is 1.22 bits per heavy atom. The van der Waals surface area contributed by atoms with Gasteiger partial charge in [-0.2, -0.15) is 0 Å². The second-order valence-electron chi connectivity index (χ2n) is 6.19. The Hall–Kier alpha value is -3.26. The highest BCUT2D eigenvalue weighted by atomic mass is 19.1. The van der Waals surface area contributed by atoms with Gasteiger partial charge >= 0.3 is 6.03 Å². The summed E-state index contributed by atoms with van der Waals surface area (Å²) in [7, 11) is 3.81. The molecule has 0 fully saturated rings. The van der Waals surface area contributed by atoms with Crippen LogP contribution in [0.5, 0.6) is 0 Å². The summed E-state index contributed by atoms with van der Waals surface area (Å²) in [5, 5.41) is 13.1. The van der Waals surface area contributed by atoms with Crippen LogP contribution in [0.3, 0.4) is 0 Å². The molecule has 0 saturated carbocycles. The average Bonchev–Trinajstić information content (AvgIpc) is 3.18. The van der Waals surface area contributed by atoms with E-state index in [1.54, 1.807) is 30.3 Å². The summed E-state index contributed by atoms with van der Waals surface area (Å²) in [5.41, 5.74) is 2.23. The predicted octanol–water partition coefficient (Wildman–Crippen LogP) is 3.30. The van der Waals surface area contributed by atoms with Gasteiger partial charge in [0.05, 0.1) is 6.04 Å². The number of urea groups is 1. The van der Waals surface area contributed by atoms with Crippen molar-refractivity contribution in [3.8, 4) is 11.5 Å². The molecule has 0 aliphatic rings. The summed E-state index contributed by atoms with van der Waals surface area (Å²) in [6.45, 7) is 0.369. The van der Waals surface area contributed by atoms with Crippen molar-refractivity contribution in [3.63, 3.8) is 0 Å². The summed E-state index contributed by atoms with van der Waals surface area (Å²) in [4.78, 5) is 14.2. The molecule has 2 N–H and O–H groups in total. The second-order valence-corrected chi connectivity index (χ2v) is 6.19. The molecule has 3 aromatic rings. The summed E-state index contributed by atoms with van der Waals surface area (Å²) in [6, 6.07) is 12.9. The van der Waals surface area contributed by atoms with Crippen LogP contribution in [0, 0.1) is 5.82 Å². The van der Waals surface area contributed by atoms with E-state index < -0.39 is 0 Å². The van der Waals surface area contributed by atoms with Gasteiger partial charge in [-0.25, -0.2) is 9.18 Å². The lowest BCUT2D eigenvalue weighted by molar-refractivity contribution is 0.243. The fourth-order valence-electron chi connectivity index (χ4n) is 2.68. The molecule has 1 heterocycles. The van der Waals surface area contributed by atoms with E-state index in [1.165, 1.54) is 18.5 Å². The normalized spacial score (nSPS) is 12.0. The van der Waals surface area contributed by atoms with Crippen LogP contribution >= 0.6 is 0 Å². The minimum atomic E-state index is -0.341. The standard InChI is InChI=1S/C19H20FN5O2/c1-25(2)17(13-6-8-15(20)9-7-13)11-21-19(26)23-16-5-3-4-14(10-16)18-24-22-12-27-18/h3-10,12,17H,11H2,1-2H3,(H2,21,23,26). The van der Waals surface area contributed by atoms with Gasteiger partial charge in [-0.3, -0.25) is 0 Å². The number of hydrogen-bond donors (Lipinski definition) is 2. The Labute approximate surface area is 156 Å². The van der Waals surface area contributed by atoms with E-state index in [2.05, 4.69) is 20.8 Å². The first-order valence-electron chi connectivity index (χ1n) is 8.36. The predicted molar refractivity (Wildman–Crippen MR) is 99.6 cm³/mol. The smallest absolute Gasteiger partial charge is 0.319 e. The first kappa shape index (κ1) is 18.5. The monoisotopic (exact) mass is 369 g/mol. The van der Waals surface area contributed by atoms with Crippen molar-refractivity contribution in [1.29, 1.82) is 0 Å². The maximum absolute atomic E-state index is 13.1. The summed E-state index contributed by atoms with van der Waals surface area (Å²) in [5.74, 6) is 0.0890. The van der Waals surface area contributed by atoms with Crippen molar-refractivity contribution in [2.75, 3.05) is 26.0 Å². The van der Waals surface area contributed by atoms with E-state index in [4.69, 9.17) is 4.42 Å². The number of benzene rings is 2. The van der Waals surface area contributed by atoms with Crippen molar-refractivity contribution < 1.29 is 13.6 Å². The summed E-state index contributed by atoms with van der Waals surface area (Å²) in [6.07, 6.45) is 1.25. The van der Waals surface area contributed by atoms with Gasteiger partial charge < -0.3 is 20.0 Å². The van der Waals surface area contributed by atoms with Gasteiger partial charge in [-0.05, 0) is 50.0 Å². The van der Waals surface area contributed by atoms with E-state index in [0.717, 1.165) is 5.56 Å². The van der Waals surface area contributed by atoms with Crippen molar-refractivity contribution in [3.05, 3.63) is 66.3 Å². The molecule has 0 radical (unpaired) electrons. The Morgan fingerprint density at radius 3 is 2.67 bits per heavy atom. The van der Waals surface area contributed by atoms with Crippen LogP contribution in [-0.4, -0.2) is 41.8 Å². The number of amides is 2. The molecule has 0 spiro atoms. The number of halogens is 1. The lowest BCUT2D eigenvalue weighted by Gasteiger charge is -2.25. The van der Waals surface area contributed by atoms with Crippen LogP contribution in [0.2, 0.25) is 0 Å². The minimum Gasteiger partial charge on any atom is -0.423 e. The average molecular weight is 369 g/mol. The number of hydrogen-bond acceptors (Lipinski definition) is 5. The van der Waals surface area contributed by atoms with Crippen LogP contribution in [0.25, 0.3) is 11.5 Å². The van der Waals surface area contributed by atoms with E-state index >= 15 is 0 Å². The number of nitrogens with one attached hydrogen (secondary N) is 2. The second kappa shape index (κ2) is 8.41. The molecule has 0 aliphatic carbocycles. The van der Waals surface area contributed by atoms with Crippen molar-refractivity contribution in [2.24, 2.45) is 0 Å². The third kappa shape index (κ3) is 4.89. The third-order valence-electron chi connectivity index (χ3n) is 4.06. The van der Waals surface area contributed by atoms with E-state index in [-0.39, 0.29) is 17.9 Å². The van der Waals surface area contributed by atoms with Crippen molar-refractivity contribution in [2.45, 2.75) is 6.04 Å². The molecule has 140 valence electrons. The highest BCUT2D eigenvalue weighted by molar-refractivity contribution is 5.89. The van der Waals surface area contributed by atoms with Gasteiger partial charge in [0.2, 0.25) is 12.3 Å². The molecule has 1 unspecified atom stereocenters. The zero-order valence-electron chi connectivity index (χ0n) is 15.0. The number of carbonyl (C=O) groups excluding carboxylic acids is 1. The van der Waals surface area contributed by atoms with Crippen LogP contribution in [0.4, 0.5) is 14.9 Å². The van der Waals surface area contributed by atoms with Gasteiger partial charge in [0.25, 0.3) is 0 Å². The molecule has 27 heavy (non-hydrogen) atoms. The van der Waals surface area contributed by atoms with E-state index in [0.29, 0.717) is 23.7 Å². The van der Waals surface area contributed by atoms with Crippen LogP contribution in [0.15, 0.2) is 59.3 Å². The van der Waals surface area contributed by atoms with Gasteiger partial charge in [-0.15, -0.1) is 10.2 Å². The first-order chi connectivity index (χ1) is 13.0. The van der Waals surface area contributed by atoms with E-state index in [1.807, 2.05) is 25.1 Å².